The van der Waals surface area contributed by atoms with E-state index in [-0.39, 0.29) is 0 Å². The second-order valence-corrected chi connectivity index (χ2v) is 2.41. The lowest BCUT2D eigenvalue weighted by Gasteiger charge is -2.28. The maximum atomic E-state index is 3.93. The van der Waals surface area contributed by atoms with Crippen LogP contribution >= 0.6 is 0 Å². The third-order valence-corrected chi connectivity index (χ3v) is 1.75. The van der Waals surface area contributed by atoms with Gasteiger partial charge in [-0.1, -0.05) is 5.22 Å². The normalized spacial score (nSPS) is 36.3. The molecule has 0 bridgehead atoms. The van der Waals surface area contributed by atoms with E-state index in [0.717, 1.165) is 0 Å². The van der Waals surface area contributed by atoms with Crippen molar-refractivity contribution in [2.75, 3.05) is 7.05 Å². The van der Waals surface area contributed by atoms with E-state index in [1.807, 2.05) is 19.0 Å². The van der Waals surface area contributed by atoms with E-state index in [1.165, 1.54) is 0 Å². The standard InChI is InChI=1S/C5H12N4/c1-4-5(2)9(3)8-7-6-4/h4-5H,1-3H3,(H,6,8)/t4-,5+/m0/s1. The summed E-state index contributed by atoms with van der Waals surface area (Å²) in [4.78, 5) is 0. The number of rotatable bonds is 0. The second-order valence-electron chi connectivity index (χ2n) is 2.41. The van der Waals surface area contributed by atoms with Gasteiger partial charge < -0.3 is 0 Å². The average molecular weight is 128 g/mol. The molecule has 4 nitrogen and oxygen atoms in total. The van der Waals surface area contributed by atoms with Crippen molar-refractivity contribution in [3.8, 4) is 0 Å². The van der Waals surface area contributed by atoms with Gasteiger partial charge in [-0.05, 0) is 13.8 Å². The molecule has 0 spiro atoms. The summed E-state index contributed by atoms with van der Waals surface area (Å²) >= 11 is 0. The third-order valence-electron chi connectivity index (χ3n) is 1.75. The highest BCUT2D eigenvalue weighted by Gasteiger charge is 2.18. The van der Waals surface area contributed by atoms with E-state index in [2.05, 4.69) is 22.8 Å². The van der Waals surface area contributed by atoms with E-state index >= 15 is 0 Å². The van der Waals surface area contributed by atoms with Crippen LogP contribution in [0, 0.1) is 0 Å². The van der Waals surface area contributed by atoms with Crippen LogP contribution in [0.25, 0.3) is 0 Å². The maximum absolute atomic E-state index is 3.93. The molecule has 0 unspecified atom stereocenters. The van der Waals surface area contributed by atoms with Gasteiger partial charge in [-0.3, -0.25) is 0 Å². The van der Waals surface area contributed by atoms with Gasteiger partial charge >= 0.3 is 0 Å². The lowest BCUT2D eigenvalue weighted by molar-refractivity contribution is 0.123. The molecular weight excluding hydrogens is 116 g/mol. The summed E-state index contributed by atoms with van der Waals surface area (Å²) in [5, 5.41) is 9.57. The largest absolute Gasteiger partial charge is 0.222 e. The summed E-state index contributed by atoms with van der Waals surface area (Å²) in [6.07, 6.45) is 0. The summed E-state index contributed by atoms with van der Waals surface area (Å²) < 4.78 is 0. The van der Waals surface area contributed by atoms with Crippen LogP contribution < -0.4 is 5.53 Å². The zero-order valence-electron chi connectivity index (χ0n) is 6.00. The SMILES string of the molecule is C[C@@H]1N=NNN(C)[C@@H]1C. The van der Waals surface area contributed by atoms with Crippen LogP contribution in [0.4, 0.5) is 0 Å². The van der Waals surface area contributed by atoms with Crippen LogP contribution in [0.15, 0.2) is 10.3 Å². The first-order chi connectivity index (χ1) is 4.22. The Hall–Kier alpha value is -0.640. The zero-order valence-corrected chi connectivity index (χ0v) is 6.00. The van der Waals surface area contributed by atoms with Crippen LogP contribution in [0.2, 0.25) is 0 Å². The molecule has 0 saturated carbocycles. The van der Waals surface area contributed by atoms with Gasteiger partial charge in [-0.2, -0.15) is 5.11 Å². The van der Waals surface area contributed by atoms with Gasteiger partial charge in [0, 0.05) is 7.05 Å². The molecule has 1 aliphatic rings. The van der Waals surface area contributed by atoms with Crippen molar-refractivity contribution in [1.82, 2.24) is 10.5 Å². The third kappa shape index (κ3) is 1.18. The first-order valence-electron chi connectivity index (χ1n) is 3.10. The molecule has 0 aliphatic carbocycles. The molecular formula is C5H12N4. The first kappa shape index (κ1) is 6.48. The zero-order chi connectivity index (χ0) is 6.85. The summed E-state index contributed by atoms with van der Waals surface area (Å²) in [6, 6.07) is 0.735. The second kappa shape index (κ2) is 2.31. The first-order valence-corrected chi connectivity index (χ1v) is 3.10. The van der Waals surface area contributed by atoms with Crippen molar-refractivity contribution in [3.63, 3.8) is 0 Å². The van der Waals surface area contributed by atoms with Crippen LogP contribution in [0.1, 0.15) is 13.8 Å². The number of nitrogens with one attached hydrogen (secondary N) is 1. The summed E-state index contributed by atoms with van der Waals surface area (Å²) in [5.74, 6) is 0. The fourth-order valence-corrected chi connectivity index (χ4v) is 0.699. The van der Waals surface area contributed by atoms with E-state index in [9.17, 15) is 0 Å². The fraction of sp³-hybridized carbons (Fsp3) is 1.00. The molecule has 1 N–H and O–H groups in total. The molecule has 9 heavy (non-hydrogen) atoms. The van der Waals surface area contributed by atoms with Crippen molar-refractivity contribution in [3.05, 3.63) is 0 Å². The molecule has 0 amide bonds. The number of hydrogen-bond donors (Lipinski definition) is 1. The van der Waals surface area contributed by atoms with Crippen molar-refractivity contribution in [2.24, 2.45) is 10.3 Å². The van der Waals surface area contributed by atoms with Gasteiger partial charge in [-0.15, -0.1) is 0 Å². The maximum Gasteiger partial charge on any atom is 0.0873 e. The molecule has 0 radical (unpaired) electrons. The number of likely N-dealkylation sites (N-methyl/N-ethyl adjacent to an activating group) is 1. The van der Waals surface area contributed by atoms with E-state index < -0.39 is 0 Å². The fourth-order valence-electron chi connectivity index (χ4n) is 0.699. The molecule has 0 aromatic rings. The van der Waals surface area contributed by atoms with Crippen molar-refractivity contribution in [2.45, 2.75) is 25.9 Å². The molecule has 0 saturated heterocycles. The molecule has 0 fully saturated rings. The molecule has 1 heterocycles. The van der Waals surface area contributed by atoms with Crippen molar-refractivity contribution in [1.29, 1.82) is 0 Å². The Bertz CT molecular complexity index is 122. The highest BCUT2D eigenvalue weighted by molar-refractivity contribution is 4.73. The smallest absolute Gasteiger partial charge is 0.0873 e. The molecule has 0 aromatic carbocycles. The Morgan fingerprint density at radius 1 is 1.44 bits per heavy atom. The van der Waals surface area contributed by atoms with E-state index in [4.69, 9.17) is 0 Å². The predicted molar refractivity (Wildman–Crippen MR) is 34.7 cm³/mol. The van der Waals surface area contributed by atoms with Crippen LogP contribution in [-0.2, 0) is 0 Å². The van der Waals surface area contributed by atoms with Gasteiger partial charge in [0.05, 0.1) is 12.1 Å². The Balaban J connectivity index is 2.58. The summed E-state index contributed by atoms with van der Waals surface area (Å²) in [7, 11) is 1.96. The highest BCUT2D eigenvalue weighted by Crippen LogP contribution is 2.06. The highest BCUT2D eigenvalue weighted by atomic mass is 15.7. The van der Waals surface area contributed by atoms with Gasteiger partial charge in [0.25, 0.3) is 0 Å². The van der Waals surface area contributed by atoms with E-state index in [0.29, 0.717) is 12.1 Å². The minimum Gasteiger partial charge on any atom is -0.222 e. The topological polar surface area (TPSA) is 40.0 Å². The van der Waals surface area contributed by atoms with Gasteiger partial charge in [0.1, 0.15) is 0 Å². The summed E-state index contributed by atoms with van der Waals surface area (Å²) in [5.41, 5.74) is 2.75. The lowest BCUT2D eigenvalue weighted by Crippen LogP contribution is -2.46. The molecule has 1 rings (SSSR count). The minimum absolute atomic E-state index is 0.302. The van der Waals surface area contributed by atoms with E-state index in [1.54, 1.807) is 0 Å². The Labute approximate surface area is 54.9 Å². The van der Waals surface area contributed by atoms with Gasteiger partial charge in [-0.25, -0.2) is 10.5 Å². The van der Waals surface area contributed by atoms with Gasteiger partial charge in [0.2, 0.25) is 0 Å². The summed E-state index contributed by atoms with van der Waals surface area (Å²) in [6.45, 7) is 4.15. The van der Waals surface area contributed by atoms with Crippen LogP contribution in [-0.4, -0.2) is 24.1 Å². The van der Waals surface area contributed by atoms with Crippen molar-refractivity contribution < 1.29 is 0 Å². The molecule has 1 aliphatic heterocycles. The molecule has 4 heteroatoms. The molecule has 2 atom stereocenters. The predicted octanol–water partition coefficient (Wildman–Crippen LogP) is 0.581. The molecule has 52 valence electrons. The molecule has 0 aromatic heterocycles. The van der Waals surface area contributed by atoms with Gasteiger partial charge in [0.15, 0.2) is 0 Å². The van der Waals surface area contributed by atoms with Crippen LogP contribution in [0.3, 0.4) is 0 Å². The minimum atomic E-state index is 0.302. The monoisotopic (exact) mass is 128 g/mol. The van der Waals surface area contributed by atoms with Crippen molar-refractivity contribution >= 4 is 0 Å². The number of nitrogens with zero attached hydrogens (tertiary/aromatic N) is 3. The Morgan fingerprint density at radius 2 is 2.11 bits per heavy atom. The number of hydrazine groups is 1. The Kier molecular flexibility index (Phi) is 1.66. The Morgan fingerprint density at radius 3 is 2.56 bits per heavy atom. The average Bonchev–Trinajstić information content (AvgIpc) is 1.83. The van der Waals surface area contributed by atoms with Crippen LogP contribution in [0.5, 0.6) is 0 Å². The quantitative estimate of drug-likeness (QED) is 0.518. The lowest BCUT2D eigenvalue weighted by atomic mass is 10.2. The number of hydrogen-bond acceptors (Lipinski definition) is 4.